The average molecular weight is 488 g/mol. The second-order valence-corrected chi connectivity index (χ2v) is 9.45. The number of benzene rings is 3. The number of carbonyl (C=O) groups is 2. The van der Waals surface area contributed by atoms with Gasteiger partial charge in [-0.15, -0.1) is 0 Å². The van der Waals surface area contributed by atoms with Crippen LogP contribution in [0.3, 0.4) is 0 Å². The van der Waals surface area contributed by atoms with Gasteiger partial charge in [0.05, 0.1) is 12.2 Å². The van der Waals surface area contributed by atoms with Gasteiger partial charge in [0, 0.05) is 24.2 Å². The standard InChI is InChI=1S/C29H26FNO5/c1-16-13-24-20(8-10-31(24)29(33)21-5-3-7-25-28(21)36-15-35-25)26(18(16)9-11-32)22-14-23(30)27-19(17(22)2)6-4-12-34-27/h3,5,7,11,13-14H,4,6,8-10,12,15H2,1-2H3. The van der Waals surface area contributed by atoms with Gasteiger partial charge in [-0.25, -0.2) is 4.39 Å². The number of amides is 1. The number of ether oxygens (including phenoxy) is 3. The van der Waals surface area contributed by atoms with E-state index in [-0.39, 0.29) is 24.9 Å². The summed E-state index contributed by atoms with van der Waals surface area (Å²) in [6.07, 6.45) is 3.28. The summed E-state index contributed by atoms with van der Waals surface area (Å²) in [5.41, 5.74) is 7.41. The van der Waals surface area contributed by atoms with Crippen LogP contribution in [0.25, 0.3) is 11.1 Å². The van der Waals surface area contributed by atoms with Gasteiger partial charge >= 0.3 is 0 Å². The maximum atomic E-state index is 15.2. The fourth-order valence-electron chi connectivity index (χ4n) is 5.77. The van der Waals surface area contributed by atoms with E-state index in [4.69, 9.17) is 14.2 Å². The molecule has 7 heteroatoms. The molecule has 6 rings (SSSR count). The molecule has 3 heterocycles. The summed E-state index contributed by atoms with van der Waals surface area (Å²) in [4.78, 5) is 27.1. The molecule has 0 aliphatic carbocycles. The van der Waals surface area contributed by atoms with E-state index in [0.29, 0.717) is 42.4 Å². The first kappa shape index (κ1) is 22.6. The summed E-state index contributed by atoms with van der Waals surface area (Å²) >= 11 is 0. The Hall–Kier alpha value is -3.87. The van der Waals surface area contributed by atoms with Crippen molar-refractivity contribution in [3.63, 3.8) is 0 Å². The number of aryl methyl sites for hydroxylation is 1. The predicted molar refractivity (Wildman–Crippen MR) is 133 cm³/mol. The van der Waals surface area contributed by atoms with E-state index in [1.54, 1.807) is 23.1 Å². The largest absolute Gasteiger partial charge is 0.490 e. The highest BCUT2D eigenvalue weighted by molar-refractivity contribution is 6.10. The Morgan fingerprint density at radius 1 is 1.08 bits per heavy atom. The summed E-state index contributed by atoms with van der Waals surface area (Å²) < 4.78 is 31.9. The lowest BCUT2D eigenvalue weighted by Crippen LogP contribution is -2.29. The number of carbonyl (C=O) groups excluding carboxylic acids is 2. The number of halogens is 1. The average Bonchev–Trinajstić information content (AvgIpc) is 3.54. The van der Waals surface area contributed by atoms with Crippen molar-refractivity contribution < 1.29 is 28.2 Å². The van der Waals surface area contributed by atoms with Gasteiger partial charge in [-0.1, -0.05) is 6.07 Å². The van der Waals surface area contributed by atoms with E-state index in [0.717, 1.165) is 63.8 Å². The molecule has 36 heavy (non-hydrogen) atoms. The van der Waals surface area contributed by atoms with Gasteiger partial charge in [-0.3, -0.25) is 4.79 Å². The van der Waals surface area contributed by atoms with Crippen LogP contribution in [0.15, 0.2) is 30.3 Å². The molecule has 1 amide bonds. The zero-order valence-corrected chi connectivity index (χ0v) is 20.3. The van der Waals surface area contributed by atoms with E-state index >= 15 is 4.39 Å². The Balaban J connectivity index is 1.52. The summed E-state index contributed by atoms with van der Waals surface area (Å²) in [6.45, 7) is 5.00. The van der Waals surface area contributed by atoms with Crippen molar-refractivity contribution in [3.8, 4) is 28.4 Å². The zero-order chi connectivity index (χ0) is 25.0. The molecule has 0 unspecified atom stereocenters. The highest BCUT2D eigenvalue weighted by Crippen LogP contribution is 2.46. The molecule has 0 radical (unpaired) electrons. The first-order chi connectivity index (χ1) is 17.5. The maximum Gasteiger partial charge on any atom is 0.262 e. The molecule has 0 saturated carbocycles. The number of aldehydes is 1. The number of hydrogen-bond acceptors (Lipinski definition) is 5. The van der Waals surface area contributed by atoms with E-state index in [2.05, 4.69) is 0 Å². The molecule has 0 atom stereocenters. The Morgan fingerprint density at radius 2 is 1.94 bits per heavy atom. The molecule has 184 valence electrons. The quantitative estimate of drug-likeness (QED) is 0.479. The van der Waals surface area contributed by atoms with Crippen LogP contribution in [0.5, 0.6) is 17.2 Å². The first-order valence-electron chi connectivity index (χ1n) is 12.2. The molecule has 0 saturated heterocycles. The van der Waals surface area contributed by atoms with Gasteiger partial charge in [0.2, 0.25) is 6.79 Å². The molecular formula is C29H26FNO5. The minimum absolute atomic E-state index is 0.0847. The Kier molecular flexibility index (Phi) is 5.43. The van der Waals surface area contributed by atoms with Crippen molar-refractivity contribution in [2.45, 2.75) is 39.5 Å². The van der Waals surface area contributed by atoms with Crippen molar-refractivity contribution in [2.75, 3.05) is 24.8 Å². The van der Waals surface area contributed by atoms with Gasteiger partial charge in [0.1, 0.15) is 6.29 Å². The molecule has 0 fully saturated rings. The van der Waals surface area contributed by atoms with Crippen LogP contribution < -0.4 is 19.1 Å². The SMILES string of the molecule is Cc1cc2c(c(-c3cc(F)c4c(c3C)CCCO4)c1CC=O)CCN2C(=O)c1cccc2c1OCO2. The van der Waals surface area contributed by atoms with Crippen LogP contribution in [0.4, 0.5) is 10.1 Å². The lowest BCUT2D eigenvalue weighted by atomic mass is 9.84. The lowest BCUT2D eigenvalue weighted by molar-refractivity contribution is -0.107. The summed E-state index contributed by atoms with van der Waals surface area (Å²) in [6, 6.07) is 8.80. The molecule has 0 aromatic heterocycles. The van der Waals surface area contributed by atoms with Crippen LogP contribution in [0.1, 0.15) is 44.6 Å². The summed E-state index contributed by atoms with van der Waals surface area (Å²) in [5.74, 6) is 0.784. The van der Waals surface area contributed by atoms with Gasteiger partial charge in [0.25, 0.3) is 5.91 Å². The van der Waals surface area contributed by atoms with Crippen molar-refractivity contribution in [2.24, 2.45) is 0 Å². The third kappa shape index (κ3) is 3.37. The second-order valence-electron chi connectivity index (χ2n) is 9.45. The van der Waals surface area contributed by atoms with Gasteiger partial charge in [-0.2, -0.15) is 0 Å². The lowest BCUT2D eigenvalue weighted by Gasteiger charge is -2.25. The third-order valence-electron chi connectivity index (χ3n) is 7.48. The van der Waals surface area contributed by atoms with Crippen LogP contribution in [-0.2, 0) is 24.1 Å². The van der Waals surface area contributed by atoms with E-state index in [1.165, 1.54) is 6.07 Å². The van der Waals surface area contributed by atoms with E-state index in [1.807, 2.05) is 19.9 Å². The molecule has 0 bridgehead atoms. The number of anilines is 1. The predicted octanol–water partition coefficient (Wildman–Crippen LogP) is 5.11. The summed E-state index contributed by atoms with van der Waals surface area (Å²) in [7, 11) is 0. The fourth-order valence-corrected chi connectivity index (χ4v) is 5.77. The van der Waals surface area contributed by atoms with Gasteiger partial charge in [-0.05, 0) is 90.8 Å². The topological polar surface area (TPSA) is 65.1 Å². The Morgan fingerprint density at radius 3 is 2.78 bits per heavy atom. The fraction of sp³-hybridized carbons (Fsp3) is 0.310. The Labute approximate surface area is 208 Å². The minimum Gasteiger partial charge on any atom is -0.490 e. The third-order valence-corrected chi connectivity index (χ3v) is 7.48. The highest BCUT2D eigenvalue weighted by atomic mass is 19.1. The number of rotatable bonds is 4. The van der Waals surface area contributed by atoms with Crippen LogP contribution in [0, 0.1) is 19.7 Å². The summed E-state index contributed by atoms with van der Waals surface area (Å²) in [5, 5.41) is 0. The van der Waals surface area contributed by atoms with Crippen molar-refractivity contribution in [3.05, 3.63) is 69.5 Å². The number of fused-ring (bicyclic) bond motifs is 3. The molecule has 3 aliphatic rings. The van der Waals surface area contributed by atoms with Crippen LogP contribution in [0.2, 0.25) is 0 Å². The van der Waals surface area contributed by atoms with Crippen molar-refractivity contribution >= 4 is 17.9 Å². The molecule has 3 aromatic carbocycles. The normalized spacial score (nSPS) is 15.4. The Bertz CT molecular complexity index is 1430. The van der Waals surface area contributed by atoms with Crippen LogP contribution in [-0.4, -0.2) is 32.1 Å². The monoisotopic (exact) mass is 487 g/mol. The first-order valence-corrected chi connectivity index (χ1v) is 12.2. The van der Waals surface area contributed by atoms with Crippen molar-refractivity contribution in [1.82, 2.24) is 0 Å². The van der Waals surface area contributed by atoms with Crippen LogP contribution >= 0.6 is 0 Å². The highest BCUT2D eigenvalue weighted by Gasteiger charge is 2.34. The van der Waals surface area contributed by atoms with Gasteiger partial charge < -0.3 is 23.9 Å². The number of hydrogen-bond donors (Lipinski definition) is 0. The van der Waals surface area contributed by atoms with Gasteiger partial charge in [0.15, 0.2) is 23.1 Å². The zero-order valence-electron chi connectivity index (χ0n) is 20.3. The minimum atomic E-state index is -0.388. The molecule has 0 spiro atoms. The maximum absolute atomic E-state index is 15.2. The smallest absolute Gasteiger partial charge is 0.262 e. The molecule has 3 aromatic rings. The molecule has 0 N–H and O–H groups in total. The molecule has 3 aliphatic heterocycles. The molecule has 6 nitrogen and oxygen atoms in total. The van der Waals surface area contributed by atoms with E-state index in [9.17, 15) is 9.59 Å². The number of para-hydroxylation sites is 1. The number of nitrogens with zero attached hydrogens (tertiary/aromatic N) is 1. The van der Waals surface area contributed by atoms with E-state index < -0.39 is 0 Å². The molecular weight excluding hydrogens is 461 g/mol. The van der Waals surface area contributed by atoms with Crippen molar-refractivity contribution in [1.29, 1.82) is 0 Å². The second kappa shape index (κ2) is 8.66.